The highest BCUT2D eigenvalue weighted by Gasteiger charge is 1.99. The number of aldehydes is 1. The number of halogens is 1. The minimum atomic E-state index is 0.458. The van der Waals surface area contributed by atoms with Crippen LogP contribution in [0.3, 0.4) is 0 Å². The van der Waals surface area contributed by atoms with Gasteiger partial charge in [-0.25, -0.2) is 4.98 Å². The predicted octanol–water partition coefficient (Wildman–Crippen LogP) is 2.81. The molecule has 2 nitrogen and oxygen atoms in total. The number of aromatic nitrogens is 1. The van der Waals surface area contributed by atoms with E-state index in [1.54, 1.807) is 6.07 Å². The number of carbonyl (C=O) groups is 1. The molecule has 1 aromatic heterocycles. The number of fused-ring (bicyclic) bond motifs is 1. The SMILES string of the molecule is O=Cc1ccc2cccc(Br)c2n1. The minimum Gasteiger partial charge on any atom is -0.296 e. The summed E-state index contributed by atoms with van der Waals surface area (Å²) in [4.78, 5) is 14.7. The molecule has 64 valence electrons. The van der Waals surface area contributed by atoms with Crippen LogP contribution in [0.1, 0.15) is 10.5 Å². The van der Waals surface area contributed by atoms with Crippen LogP contribution in [0.4, 0.5) is 0 Å². The summed E-state index contributed by atoms with van der Waals surface area (Å²) in [7, 11) is 0. The lowest BCUT2D eigenvalue weighted by Gasteiger charge is -1.99. The summed E-state index contributed by atoms with van der Waals surface area (Å²) in [5, 5.41) is 1.03. The van der Waals surface area contributed by atoms with E-state index in [-0.39, 0.29) is 0 Å². The summed E-state index contributed by atoms with van der Waals surface area (Å²) in [6, 6.07) is 9.40. The molecule has 1 aromatic carbocycles. The van der Waals surface area contributed by atoms with Gasteiger partial charge in [-0.3, -0.25) is 4.79 Å². The maximum absolute atomic E-state index is 10.5. The molecule has 0 saturated carbocycles. The van der Waals surface area contributed by atoms with Crippen LogP contribution in [0.5, 0.6) is 0 Å². The molecule has 0 atom stereocenters. The first-order chi connectivity index (χ1) is 6.31. The van der Waals surface area contributed by atoms with Crippen molar-refractivity contribution in [3.05, 3.63) is 40.5 Å². The molecule has 0 amide bonds. The Hall–Kier alpha value is -1.22. The first-order valence-electron chi connectivity index (χ1n) is 3.82. The molecule has 1 heterocycles. The minimum absolute atomic E-state index is 0.458. The largest absolute Gasteiger partial charge is 0.296 e. The zero-order chi connectivity index (χ0) is 9.26. The molecule has 2 rings (SSSR count). The van der Waals surface area contributed by atoms with Crippen molar-refractivity contribution >= 4 is 33.1 Å². The Morgan fingerprint density at radius 1 is 1.23 bits per heavy atom. The molecule has 2 aromatic rings. The van der Waals surface area contributed by atoms with Gasteiger partial charge >= 0.3 is 0 Å². The fourth-order valence-electron chi connectivity index (χ4n) is 1.19. The molecular weight excluding hydrogens is 230 g/mol. The number of para-hydroxylation sites is 1. The Bertz CT molecular complexity index is 467. The molecule has 0 aliphatic rings. The summed E-state index contributed by atoms with van der Waals surface area (Å²) < 4.78 is 0.911. The molecule has 0 N–H and O–H groups in total. The van der Waals surface area contributed by atoms with Gasteiger partial charge in [0.15, 0.2) is 6.29 Å². The number of hydrogen-bond acceptors (Lipinski definition) is 2. The molecule has 13 heavy (non-hydrogen) atoms. The summed E-state index contributed by atoms with van der Waals surface area (Å²) in [6.07, 6.45) is 0.749. The second-order valence-electron chi connectivity index (χ2n) is 2.67. The first kappa shape index (κ1) is 8.38. The van der Waals surface area contributed by atoms with Gasteiger partial charge in [-0.15, -0.1) is 0 Å². The number of pyridine rings is 1. The monoisotopic (exact) mass is 235 g/mol. The Morgan fingerprint density at radius 2 is 2.08 bits per heavy atom. The topological polar surface area (TPSA) is 30.0 Å². The average Bonchev–Trinajstić information content (AvgIpc) is 2.18. The molecule has 0 aliphatic carbocycles. The van der Waals surface area contributed by atoms with E-state index >= 15 is 0 Å². The maximum atomic E-state index is 10.5. The maximum Gasteiger partial charge on any atom is 0.168 e. The Balaban J connectivity index is 2.81. The first-order valence-corrected chi connectivity index (χ1v) is 4.61. The van der Waals surface area contributed by atoms with E-state index in [0.29, 0.717) is 5.69 Å². The quantitative estimate of drug-likeness (QED) is 0.712. The Labute approximate surface area is 83.7 Å². The summed E-state index contributed by atoms with van der Waals surface area (Å²) >= 11 is 3.38. The van der Waals surface area contributed by atoms with E-state index in [2.05, 4.69) is 20.9 Å². The van der Waals surface area contributed by atoms with E-state index in [1.165, 1.54) is 0 Å². The molecule has 0 aliphatic heterocycles. The van der Waals surface area contributed by atoms with Crippen LogP contribution < -0.4 is 0 Å². The lowest BCUT2D eigenvalue weighted by atomic mass is 10.2. The van der Waals surface area contributed by atoms with Crippen molar-refractivity contribution in [2.24, 2.45) is 0 Å². The van der Waals surface area contributed by atoms with Gasteiger partial charge < -0.3 is 0 Å². The standard InChI is InChI=1S/C10H6BrNO/c11-9-3-1-2-7-4-5-8(6-13)12-10(7)9/h1-6H. The zero-order valence-electron chi connectivity index (χ0n) is 6.70. The van der Waals surface area contributed by atoms with Crippen molar-refractivity contribution in [2.75, 3.05) is 0 Å². The highest BCUT2D eigenvalue weighted by Crippen LogP contribution is 2.21. The Morgan fingerprint density at radius 3 is 2.85 bits per heavy atom. The van der Waals surface area contributed by atoms with Crippen molar-refractivity contribution < 1.29 is 4.79 Å². The smallest absolute Gasteiger partial charge is 0.168 e. The second kappa shape index (κ2) is 3.26. The van der Waals surface area contributed by atoms with E-state index in [1.807, 2.05) is 24.3 Å². The van der Waals surface area contributed by atoms with E-state index in [4.69, 9.17) is 0 Å². The van der Waals surface area contributed by atoms with Crippen LogP contribution in [0.15, 0.2) is 34.8 Å². The van der Waals surface area contributed by atoms with Gasteiger partial charge in [-0.05, 0) is 28.1 Å². The van der Waals surface area contributed by atoms with Crippen molar-refractivity contribution in [3.63, 3.8) is 0 Å². The fraction of sp³-hybridized carbons (Fsp3) is 0. The van der Waals surface area contributed by atoms with Crippen LogP contribution in [-0.2, 0) is 0 Å². The van der Waals surface area contributed by atoms with Gasteiger partial charge in [0.05, 0.1) is 5.52 Å². The fourth-order valence-corrected chi connectivity index (χ4v) is 1.66. The van der Waals surface area contributed by atoms with Crippen molar-refractivity contribution in [3.8, 4) is 0 Å². The van der Waals surface area contributed by atoms with Crippen molar-refractivity contribution in [2.45, 2.75) is 0 Å². The third-order valence-electron chi connectivity index (χ3n) is 1.81. The van der Waals surface area contributed by atoms with Gasteiger partial charge in [0.2, 0.25) is 0 Å². The summed E-state index contributed by atoms with van der Waals surface area (Å²) in [6.45, 7) is 0. The molecule has 0 radical (unpaired) electrons. The van der Waals surface area contributed by atoms with Gasteiger partial charge in [0, 0.05) is 9.86 Å². The van der Waals surface area contributed by atoms with Gasteiger partial charge in [-0.2, -0.15) is 0 Å². The highest BCUT2D eigenvalue weighted by molar-refractivity contribution is 9.10. The van der Waals surface area contributed by atoms with Gasteiger partial charge in [0.25, 0.3) is 0 Å². The van der Waals surface area contributed by atoms with Crippen LogP contribution in [0.25, 0.3) is 10.9 Å². The van der Waals surface area contributed by atoms with Crippen molar-refractivity contribution in [1.82, 2.24) is 4.98 Å². The van der Waals surface area contributed by atoms with E-state index in [9.17, 15) is 4.79 Å². The van der Waals surface area contributed by atoms with Crippen molar-refractivity contribution in [1.29, 1.82) is 0 Å². The number of nitrogens with zero attached hydrogens (tertiary/aromatic N) is 1. The average molecular weight is 236 g/mol. The second-order valence-corrected chi connectivity index (χ2v) is 3.52. The normalized spacial score (nSPS) is 10.2. The number of carbonyl (C=O) groups excluding carboxylic acids is 1. The molecule has 0 unspecified atom stereocenters. The third kappa shape index (κ3) is 1.47. The molecule has 0 fully saturated rings. The van der Waals surface area contributed by atoms with Crippen LogP contribution >= 0.6 is 15.9 Å². The molecule has 0 bridgehead atoms. The van der Waals surface area contributed by atoms with E-state index < -0.39 is 0 Å². The highest BCUT2D eigenvalue weighted by atomic mass is 79.9. The summed E-state index contributed by atoms with van der Waals surface area (Å²) in [5.74, 6) is 0. The lowest BCUT2D eigenvalue weighted by molar-refractivity contribution is 0.111. The lowest BCUT2D eigenvalue weighted by Crippen LogP contribution is -1.87. The third-order valence-corrected chi connectivity index (χ3v) is 2.45. The number of hydrogen-bond donors (Lipinski definition) is 0. The number of benzene rings is 1. The molecular formula is C10H6BrNO. The molecule has 0 saturated heterocycles. The van der Waals surface area contributed by atoms with Crippen LogP contribution in [-0.4, -0.2) is 11.3 Å². The number of rotatable bonds is 1. The molecule has 0 spiro atoms. The van der Waals surface area contributed by atoms with Gasteiger partial charge in [0.1, 0.15) is 5.69 Å². The molecule has 3 heteroatoms. The summed E-state index contributed by atoms with van der Waals surface area (Å²) in [5.41, 5.74) is 1.28. The van der Waals surface area contributed by atoms with Crippen LogP contribution in [0.2, 0.25) is 0 Å². The van der Waals surface area contributed by atoms with Gasteiger partial charge in [-0.1, -0.05) is 18.2 Å². The zero-order valence-corrected chi connectivity index (χ0v) is 8.28. The predicted molar refractivity (Wildman–Crippen MR) is 54.8 cm³/mol. The van der Waals surface area contributed by atoms with E-state index in [0.717, 1.165) is 21.7 Å². The van der Waals surface area contributed by atoms with Crippen LogP contribution in [0, 0.1) is 0 Å². The Kier molecular flexibility index (Phi) is 2.10.